The lowest BCUT2D eigenvalue weighted by atomic mass is 10.0. The molecule has 0 aliphatic rings. The van der Waals surface area contributed by atoms with E-state index in [1.807, 2.05) is 0 Å². The quantitative estimate of drug-likeness (QED) is 0.627. The van der Waals surface area contributed by atoms with Crippen LogP contribution in [0.2, 0.25) is 0 Å². The maximum Gasteiger partial charge on any atom is 0.573 e. The van der Waals surface area contributed by atoms with Crippen LogP contribution in [0.15, 0.2) is 48.5 Å². The molecule has 0 aliphatic heterocycles. The predicted molar refractivity (Wildman–Crippen MR) is 65.2 cm³/mol. The Morgan fingerprint density at radius 3 is 2.25 bits per heavy atom. The number of hydrogen-bond donors (Lipinski definition) is 0. The lowest BCUT2D eigenvalue weighted by Crippen LogP contribution is -2.17. The number of hydrogen-bond acceptors (Lipinski definition) is 3. The first kappa shape index (κ1) is 13.9. The van der Waals surface area contributed by atoms with Gasteiger partial charge in [0.25, 0.3) is 5.69 Å². The summed E-state index contributed by atoms with van der Waals surface area (Å²) in [6.45, 7) is 0. The molecule has 0 amide bonds. The van der Waals surface area contributed by atoms with Crippen molar-refractivity contribution >= 4 is 5.69 Å². The molecule has 2 rings (SSSR count). The minimum Gasteiger partial charge on any atom is -0.405 e. The number of nitro benzene ring substituents is 1. The highest BCUT2D eigenvalue weighted by Crippen LogP contribution is 2.36. The summed E-state index contributed by atoms with van der Waals surface area (Å²) in [5.41, 5.74) is 0.103. The molecule has 0 unspecified atom stereocenters. The van der Waals surface area contributed by atoms with Gasteiger partial charge in [-0.15, -0.1) is 13.2 Å². The zero-order chi connectivity index (χ0) is 14.8. The van der Waals surface area contributed by atoms with Gasteiger partial charge in [-0.25, -0.2) is 0 Å². The van der Waals surface area contributed by atoms with E-state index in [0.717, 1.165) is 18.2 Å². The highest BCUT2D eigenvalue weighted by molar-refractivity contribution is 5.72. The lowest BCUT2D eigenvalue weighted by molar-refractivity contribution is -0.384. The zero-order valence-electron chi connectivity index (χ0n) is 9.92. The molecule has 2 aromatic carbocycles. The van der Waals surface area contributed by atoms with E-state index in [9.17, 15) is 23.3 Å². The molecule has 0 spiro atoms. The number of benzene rings is 2. The second kappa shape index (κ2) is 5.20. The van der Waals surface area contributed by atoms with Crippen molar-refractivity contribution in [2.24, 2.45) is 0 Å². The topological polar surface area (TPSA) is 52.4 Å². The van der Waals surface area contributed by atoms with Crippen molar-refractivity contribution in [3.8, 4) is 16.9 Å². The SMILES string of the molecule is O=[N+]([O-])c1ccc(OC(F)(F)F)c(-c2ccccc2)c1. The second-order valence-corrected chi connectivity index (χ2v) is 3.85. The van der Waals surface area contributed by atoms with Crippen LogP contribution in [0.1, 0.15) is 0 Å². The van der Waals surface area contributed by atoms with Crippen LogP contribution in [0.4, 0.5) is 18.9 Å². The molecule has 0 aliphatic carbocycles. The number of nitro groups is 1. The molecule has 0 aromatic heterocycles. The first-order valence-corrected chi connectivity index (χ1v) is 5.46. The van der Waals surface area contributed by atoms with E-state index in [0.29, 0.717) is 5.56 Å². The molecule has 0 atom stereocenters. The molecule has 0 radical (unpaired) electrons. The Labute approximate surface area is 111 Å². The summed E-state index contributed by atoms with van der Waals surface area (Å²) in [6, 6.07) is 11.0. The number of halogens is 3. The van der Waals surface area contributed by atoms with Crippen molar-refractivity contribution in [1.82, 2.24) is 0 Å². The Morgan fingerprint density at radius 2 is 1.70 bits per heavy atom. The van der Waals surface area contributed by atoms with Gasteiger partial charge in [0.2, 0.25) is 0 Å². The van der Waals surface area contributed by atoms with E-state index in [1.54, 1.807) is 30.3 Å². The Morgan fingerprint density at radius 1 is 1.05 bits per heavy atom. The Kier molecular flexibility index (Phi) is 3.60. The molecular formula is C13H8F3NO3. The van der Waals surface area contributed by atoms with Crippen molar-refractivity contribution in [3.05, 3.63) is 58.6 Å². The van der Waals surface area contributed by atoms with E-state index in [1.165, 1.54) is 0 Å². The molecule has 7 heteroatoms. The van der Waals surface area contributed by atoms with Crippen LogP contribution in [0.3, 0.4) is 0 Å². The molecule has 20 heavy (non-hydrogen) atoms. The molecule has 0 N–H and O–H groups in total. The van der Waals surface area contributed by atoms with Gasteiger partial charge in [-0.05, 0) is 11.6 Å². The van der Waals surface area contributed by atoms with Crippen molar-refractivity contribution in [2.45, 2.75) is 6.36 Å². The van der Waals surface area contributed by atoms with Crippen molar-refractivity contribution in [3.63, 3.8) is 0 Å². The fraction of sp³-hybridized carbons (Fsp3) is 0.0769. The first-order chi connectivity index (χ1) is 9.37. The van der Waals surface area contributed by atoms with E-state index >= 15 is 0 Å². The molecule has 0 fully saturated rings. The van der Waals surface area contributed by atoms with Gasteiger partial charge in [0.15, 0.2) is 0 Å². The van der Waals surface area contributed by atoms with Gasteiger partial charge < -0.3 is 4.74 Å². The highest BCUT2D eigenvalue weighted by atomic mass is 19.4. The van der Waals surface area contributed by atoms with Crippen LogP contribution in [-0.2, 0) is 0 Å². The van der Waals surface area contributed by atoms with E-state index in [4.69, 9.17) is 0 Å². The third kappa shape index (κ3) is 3.25. The maximum atomic E-state index is 12.3. The number of rotatable bonds is 3. The summed E-state index contributed by atoms with van der Waals surface area (Å²) in [5, 5.41) is 10.7. The average Bonchev–Trinajstić information content (AvgIpc) is 2.38. The molecule has 2 aromatic rings. The summed E-state index contributed by atoms with van der Waals surface area (Å²) < 4.78 is 40.9. The van der Waals surface area contributed by atoms with Gasteiger partial charge in [-0.2, -0.15) is 0 Å². The van der Waals surface area contributed by atoms with Gasteiger partial charge in [0, 0.05) is 17.7 Å². The standard InChI is InChI=1S/C13H8F3NO3/c14-13(15,16)20-12-7-6-10(17(18)19)8-11(12)9-4-2-1-3-5-9/h1-8H. The van der Waals surface area contributed by atoms with Gasteiger partial charge >= 0.3 is 6.36 Å². The van der Waals surface area contributed by atoms with Crippen LogP contribution in [0.5, 0.6) is 5.75 Å². The number of non-ortho nitro benzene ring substituents is 1. The average molecular weight is 283 g/mol. The largest absolute Gasteiger partial charge is 0.573 e. The molecule has 104 valence electrons. The maximum absolute atomic E-state index is 12.3. The lowest BCUT2D eigenvalue weighted by Gasteiger charge is -2.13. The minimum absolute atomic E-state index is 0.0112. The predicted octanol–water partition coefficient (Wildman–Crippen LogP) is 4.16. The third-order valence-corrected chi connectivity index (χ3v) is 2.48. The molecule has 0 saturated heterocycles. The van der Waals surface area contributed by atoms with Gasteiger partial charge in [0.1, 0.15) is 5.75 Å². The number of alkyl halides is 3. The Hall–Kier alpha value is -2.57. The minimum atomic E-state index is -4.86. The normalized spacial score (nSPS) is 11.2. The Bertz CT molecular complexity index is 627. The van der Waals surface area contributed by atoms with Gasteiger partial charge in [-0.1, -0.05) is 30.3 Å². The van der Waals surface area contributed by atoms with Crippen LogP contribution >= 0.6 is 0 Å². The van der Waals surface area contributed by atoms with Crippen molar-refractivity contribution in [2.75, 3.05) is 0 Å². The van der Waals surface area contributed by atoms with Crippen molar-refractivity contribution in [1.29, 1.82) is 0 Å². The van der Waals surface area contributed by atoms with Crippen LogP contribution in [0.25, 0.3) is 11.1 Å². The second-order valence-electron chi connectivity index (χ2n) is 3.85. The molecular weight excluding hydrogens is 275 g/mol. The fourth-order valence-electron chi connectivity index (χ4n) is 1.69. The Balaban J connectivity index is 2.54. The monoisotopic (exact) mass is 283 g/mol. The molecule has 0 heterocycles. The highest BCUT2D eigenvalue weighted by Gasteiger charge is 2.32. The smallest absolute Gasteiger partial charge is 0.405 e. The molecule has 0 bridgehead atoms. The van der Waals surface area contributed by atoms with Gasteiger partial charge in [-0.3, -0.25) is 10.1 Å². The summed E-state index contributed by atoms with van der Waals surface area (Å²) in [5.74, 6) is -0.477. The van der Waals surface area contributed by atoms with Gasteiger partial charge in [0.05, 0.1) is 4.92 Å². The number of ether oxygens (including phenoxy) is 1. The van der Waals surface area contributed by atoms with E-state index in [-0.39, 0.29) is 11.3 Å². The summed E-state index contributed by atoms with van der Waals surface area (Å²) in [4.78, 5) is 10.0. The molecule has 0 saturated carbocycles. The van der Waals surface area contributed by atoms with Crippen LogP contribution in [-0.4, -0.2) is 11.3 Å². The van der Waals surface area contributed by atoms with Crippen molar-refractivity contribution < 1.29 is 22.8 Å². The summed E-state index contributed by atoms with van der Waals surface area (Å²) in [7, 11) is 0. The van der Waals surface area contributed by atoms with E-state index < -0.39 is 17.0 Å². The van der Waals surface area contributed by atoms with E-state index in [2.05, 4.69) is 4.74 Å². The molecule has 4 nitrogen and oxygen atoms in total. The number of nitrogens with zero attached hydrogens (tertiary/aromatic N) is 1. The first-order valence-electron chi connectivity index (χ1n) is 5.46. The van der Waals surface area contributed by atoms with Crippen LogP contribution < -0.4 is 4.74 Å². The third-order valence-electron chi connectivity index (χ3n) is 2.48. The van der Waals surface area contributed by atoms with Crippen LogP contribution in [0, 0.1) is 10.1 Å². The fourth-order valence-corrected chi connectivity index (χ4v) is 1.69. The zero-order valence-corrected chi connectivity index (χ0v) is 9.92. The summed E-state index contributed by atoms with van der Waals surface area (Å²) in [6.07, 6.45) is -4.86. The summed E-state index contributed by atoms with van der Waals surface area (Å²) >= 11 is 0.